The molecule has 1 fully saturated rings. The van der Waals surface area contributed by atoms with E-state index in [0.717, 1.165) is 31.3 Å². The first-order valence-corrected chi connectivity index (χ1v) is 6.22. The summed E-state index contributed by atoms with van der Waals surface area (Å²) in [6, 6.07) is 3.87. The Bertz CT molecular complexity index is 278. The minimum atomic E-state index is 0.0755. The molecule has 0 amide bonds. The van der Waals surface area contributed by atoms with Crippen LogP contribution in [0.2, 0.25) is 0 Å². The van der Waals surface area contributed by atoms with Crippen molar-refractivity contribution in [3.05, 3.63) is 24.2 Å². The van der Waals surface area contributed by atoms with Gasteiger partial charge in [0.25, 0.3) is 0 Å². The highest BCUT2D eigenvalue weighted by molar-refractivity contribution is 5.00. The van der Waals surface area contributed by atoms with Crippen molar-refractivity contribution < 1.29 is 9.15 Å². The predicted molar refractivity (Wildman–Crippen MR) is 63.3 cm³/mol. The van der Waals surface area contributed by atoms with Gasteiger partial charge in [-0.05, 0) is 57.3 Å². The van der Waals surface area contributed by atoms with Gasteiger partial charge in [-0.15, -0.1) is 0 Å². The Morgan fingerprint density at radius 1 is 1.62 bits per heavy atom. The first-order chi connectivity index (χ1) is 7.86. The van der Waals surface area contributed by atoms with Crippen LogP contribution in [0.3, 0.4) is 0 Å². The SMILES string of the molecule is C[C@@H](OCC[C@H]1CCCNC1)c1ccco1. The van der Waals surface area contributed by atoms with Crippen LogP contribution in [-0.2, 0) is 4.74 Å². The average Bonchev–Trinajstić information content (AvgIpc) is 2.84. The molecule has 3 heteroatoms. The van der Waals surface area contributed by atoms with Gasteiger partial charge in [0.1, 0.15) is 11.9 Å². The zero-order valence-electron chi connectivity index (χ0n) is 9.95. The van der Waals surface area contributed by atoms with E-state index in [1.165, 1.54) is 19.4 Å². The van der Waals surface area contributed by atoms with Crippen molar-refractivity contribution in [2.75, 3.05) is 19.7 Å². The molecule has 0 aromatic carbocycles. The summed E-state index contributed by atoms with van der Waals surface area (Å²) in [6.07, 6.45) is 5.56. The monoisotopic (exact) mass is 223 g/mol. The highest BCUT2D eigenvalue weighted by Gasteiger charge is 2.14. The van der Waals surface area contributed by atoms with Gasteiger partial charge >= 0.3 is 0 Å². The minimum absolute atomic E-state index is 0.0755. The van der Waals surface area contributed by atoms with Gasteiger partial charge in [0.05, 0.1) is 6.26 Å². The first kappa shape index (κ1) is 11.7. The maximum Gasteiger partial charge on any atom is 0.132 e. The van der Waals surface area contributed by atoms with Crippen LogP contribution in [0.15, 0.2) is 22.8 Å². The molecule has 0 aliphatic carbocycles. The first-order valence-electron chi connectivity index (χ1n) is 6.22. The van der Waals surface area contributed by atoms with Crippen LogP contribution in [-0.4, -0.2) is 19.7 Å². The Labute approximate surface area is 97.2 Å². The Balaban J connectivity index is 1.63. The number of rotatable bonds is 5. The molecule has 90 valence electrons. The molecule has 0 radical (unpaired) electrons. The van der Waals surface area contributed by atoms with Crippen molar-refractivity contribution in [3.8, 4) is 0 Å². The smallest absolute Gasteiger partial charge is 0.132 e. The second-order valence-electron chi connectivity index (χ2n) is 4.53. The van der Waals surface area contributed by atoms with E-state index < -0.39 is 0 Å². The number of hydrogen-bond donors (Lipinski definition) is 1. The van der Waals surface area contributed by atoms with Gasteiger partial charge in [0, 0.05) is 6.61 Å². The van der Waals surface area contributed by atoms with E-state index in [1.54, 1.807) is 6.26 Å². The maximum absolute atomic E-state index is 5.77. The Kier molecular flexibility index (Phi) is 4.43. The van der Waals surface area contributed by atoms with E-state index in [0.29, 0.717) is 0 Å². The highest BCUT2D eigenvalue weighted by atomic mass is 16.5. The number of ether oxygens (including phenoxy) is 1. The predicted octanol–water partition coefficient (Wildman–Crippen LogP) is 2.75. The summed E-state index contributed by atoms with van der Waals surface area (Å²) in [5, 5.41) is 3.43. The normalized spacial score (nSPS) is 23.2. The average molecular weight is 223 g/mol. The van der Waals surface area contributed by atoms with Gasteiger partial charge in [-0.25, -0.2) is 0 Å². The molecular formula is C13H21NO2. The van der Waals surface area contributed by atoms with Crippen molar-refractivity contribution in [2.45, 2.75) is 32.3 Å². The molecule has 0 saturated carbocycles. The fourth-order valence-corrected chi connectivity index (χ4v) is 2.19. The zero-order valence-corrected chi connectivity index (χ0v) is 9.95. The lowest BCUT2D eigenvalue weighted by Crippen LogP contribution is -2.30. The van der Waals surface area contributed by atoms with E-state index >= 15 is 0 Å². The van der Waals surface area contributed by atoms with Crippen LogP contribution in [0, 0.1) is 5.92 Å². The second-order valence-corrected chi connectivity index (χ2v) is 4.53. The van der Waals surface area contributed by atoms with Gasteiger partial charge in [-0.3, -0.25) is 0 Å². The number of piperidine rings is 1. The molecular weight excluding hydrogens is 202 g/mol. The van der Waals surface area contributed by atoms with E-state index in [1.807, 2.05) is 19.1 Å². The van der Waals surface area contributed by atoms with Gasteiger partial charge in [0.2, 0.25) is 0 Å². The third-order valence-electron chi connectivity index (χ3n) is 3.24. The van der Waals surface area contributed by atoms with E-state index in [9.17, 15) is 0 Å². The summed E-state index contributed by atoms with van der Waals surface area (Å²) in [5.41, 5.74) is 0. The largest absolute Gasteiger partial charge is 0.467 e. The molecule has 2 heterocycles. The second kappa shape index (κ2) is 6.06. The maximum atomic E-state index is 5.77. The molecule has 2 atom stereocenters. The number of furan rings is 1. The van der Waals surface area contributed by atoms with Crippen LogP contribution < -0.4 is 5.32 Å². The fourth-order valence-electron chi connectivity index (χ4n) is 2.19. The summed E-state index contributed by atoms with van der Waals surface area (Å²) >= 11 is 0. The molecule has 3 nitrogen and oxygen atoms in total. The minimum Gasteiger partial charge on any atom is -0.467 e. The Hall–Kier alpha value is -0.800. The molecule has 1 aromatic heterocycles. The van der Waals surface area contributed by atoms with Crippen molar-refractivity contribution in [1.82, 2.24) is 5.32 Å². The standard InChI is InChI=1S/C13H21NO2/c1-11(13-5-3-8-16-13)15-9-6-12-4-2-7-14-10-12/h3,5,8,11-12,14H,2,4,6-7,9-10H2,1H3/t11-,12-/m1/s1. The lowest BCUT2D eigenvalue weighted by atomic mass is 9.97. The van der Waals surface area contributed by atoms with Crippen LogP contribution in [0.5, 0.6) is 0 Å². The highest BCUT2D eigenvalue weighted by Crippen LogP contribution is 2.19. The van der Waals surface area contributed by atoms with Crippen molar-refractivity contribution in [2.24, 2.45) is 5.92 Å². The topological polar surface area (TPSA) is 34.4 Å². The number of hydrogen-bond acceptors (Lipinski definition) is 3. The molecule has 1 aliphatic heterocycles. The Morgan fingerprint density at radius 2 is 2.56 bits per heavy atom. The third-order valence-corrected chi connectivity index (χ3v) is 3.24. The molecule has 0 spiro atoms. The van der Waals surface area contributed by atoms with Crippen molar-refractivity contribution in [3.63, 3.8) is 0 Å². The third kappa shape index (κ3) is 3.35. The van der Waals surface area contributed by atoms with Crippen molar-refractivity contribution in [1.29, 1.82) is 0 Å². The lowest BCUT2D eigenvalue weighted by Gasteiger charge is -2.23. The van der Waals surface area contributed by atoms with E-state index in [-0.39, 0.29) is 6.10 Å². The summed E-state index contributed by atoms with van der Waals surface area (Å²) in [4.78, 5) is 0. The Morgan fingerprint density at radius 3 is 3.25 bits per heavy atom. The molecule has 0 bridgehead atoms. The summed E-state index contributed by atoms with van der Waals surface area (Å²) in [7, 11) is 0. The van der Waals surface area contributed by atoms with Crippen LogP contribution >= 0.6 is 0 Å². The summed E-state index contributed by atoms with van der Waals surface area (Å²) in [5.74, 6) is 1.71. The van der Waals surface area contributed by atoms with Crippen LogP contribution in [0.4, 0.5) is 0 Å². The van der Waals surface area contributed by atoms with Gasteiger partial charge < -0.3 is 14.5 Å². The quantitative estimate of drug-likeness (QED) is 0.833. The van der Waals surface area contributed by atoms with Gasteiger partial charge in [-0.2, -0.15) is 0 Å². The molecule has 16 heavy (non-hydrogen) atoms. The van der Waals surface area contributed by atoms with Crippen LogP contribution in [0.25, 0.3) is 0 Å². The number of nitrogens with one attached hydrogen (secondary N) is 1. The van der Waals surface area contributed by atoms with E-state index in [4.69, 9.17) is 9.15 Å². The van der Waals surface area contributed by atoms with Crippen LogP contribution in [0.1, 0.15) is 38.1 Å². The van der Waals surface area contributed by atoms with E-state index in [2.05, 4.69) is 5.32 Å². The zero-order chi connectivity index (χ0) is 11.2. The molecule has 1 saturated heterocycles. The van der Waals surface area contributed by atoms with Crippen molar-refractivity contribution >= 4 is 0 Å². The molecule has 1 N–H and O–H groups in total. The molecule has 1 aliphatic rings. The van der Waals surface area contributed by atoms with Gasteiger partial charge in [0.15, 0.2) is 0 Å². The summed E-state index contributed by atoms with van der Waals surface area (Å²) < 4.78 is 11.1. The lowest BCUT2D eigenvalue weighted by molar-refractivity contribution is 0.0403. The fraction of sp³-hybridized carbons (Fsp3) is 0.692. The summed E-state index contributed by atoms with van der Waals surface area (Å²) in [6.45, 7) is 5.20. The molecule has 0 unspecified atom stereocenters. The molecule has 1 aromatic rings. The molecule has 2 rings (SSSR count). The van der Waals surface area contributed by atoms with Gasteiger partial charge in [-0.1, -0.05) is 0 Å².